The molecule has 0 unspecified atom stereocenters. The molecule has 0 saturated heterocycles. The van der Waals surface area contributed by atoms with E-state index in [1.807, 2.05) is 31.2 Å². The molecule has 0 saturated carbocycles. The Bertz CT molecular complexity index is 919. The molecule has 1 aromatic heterocycles. The fourth-order valence-electron chi connectivity index (χ4n) is 2.50. The Morgan fingerprint density at radius 1 is 1.16 bits per heavy atom. The summed E-state index contributed by atoms with van der Waals surface area (Å²) in [5, 5.41) is 5.54. The van der Waals surface area contributed by atoms with Crippen LogP contribution in [0.25, 0.3) is 11.3 Å². The van der Waals surface area contributed by atoms with Gasteiger partial charge in [0.05, 0.1) is 12.2 Å². The molecule has 2 aromatic carbocycles. The third kappa shape index (κ3) is 3.85. The highest BCUT2D eigenvalue weighted by Crippen LogP contribution is 2.26. The molecule has 0 aliphatic rings. The fourth-order valence-corrected chi connectivity index (χ4v) is 2.88. The summed E-state index contributed by atoms with van der Waals surface area (Å²) in [4.78, 5) is 11.9. The van der Waals surface area contributed by atoms with Crippen LogP contribution in [0.3, 0.4) is 0 Å². The first kappa shape index (κ1) is 17.5. The number of halogens is 2. The third-order valence-electron chi connectivity index (χ3n) is 3.82. The van der Waals surface area contributed by atoms with Crippen LogP contribution in [-0.4, -0.2) is 15.7 Å². The molecule has 0 bridgehead atoms. The van der Waals surface area contributed by atoms with Gasteiger partial charge in [0.2, 0.25) is 0 Å². The van der Waals surface area contributed by atoms with Gasteiger partial charge in [0, 0.05) is 10.0 Å². The van der Waals surface area contributed by atoms with E-state index in [1.54, 1.807) is 28.9 Å². The summed E-state index contributed by atoms with van der Waals surface area (Å²) >= 11 is 12.3. The van der Waals surface area contributed by atoms with Gasteiger partial charge in [-0.2, -0.15) is 5.10 Å². The first-order valence-corrected chi connectivity index (χ1v) is 8.33. The molecule has 0 spiro atoms. The van der Waals surface area contributed by atoms with Crippen LogP contribution in [0, 0.1) is 6.92 Å². The van der Waals surface area contributed by atoms with Gasteiger partial charge >= 0.3 is 0 Å². The molecular weight excluding hydrogens is 359 g/mol. The number of nitrogens with zero attached hydrogens (tertiary/aromatic N) is 2. The normalized spacial score (nSPS) is 10.7. The maximum Gasteiger partial charge on any atom is 0.285 e. The lowest BCUT2D eigenvalue weighted by Crippen LogP contribution is -2.30. The number of aromatic nitrogens is 2. The summed E-state index contributed by atoms with van der Waals surface area (Å²) in [7, 11) is 0. The minimum Gasteiger partial charge on any atom is -0.289 e. The quantitative estimate of drug-likeness (QED) is 0.414. The van der Waals surface area contributed by atoms with Gasteiger partial charge in [-0.3, -0.25) is 14.9 Å². The summed E-state index contributed by atoms with van der Waals surface area (Å²) in [5.41, 5.74) is 6.02. The summed E-state index contributed by atoms with van der Waals surface area (Å²) in [6.07, 6.45) is 0. The molecule has 3 rings (SSSR count). The van der Waals surface area contributed by atoms with Crippen LogP contribution in [0.5, 0.6) is 0 Å². The van der Waals surface area contributed by atoms with Crippen LogP contribution in [0.4, 0.5) is 0 Å². The average molecular weight is 375 g/mol. The van der Waals surface area contributed by atoms with E-state index < -0.39 is 5.91 Å². The first-order valence-electron chi connectivity index (χ1n) is 7.57. The van der Waals surface area contributed by atoms with Gasteiger partial charge < -0.3 is 0 Å². The van der Waals surface area contributed by atoms with Gasteiger partial charge in [0.1, 0.15) is 0 Å². The second-order valence-electron chi connectivity index (χ2n) is 5.65. The van der Waals surface area contributed by atoms with Crippen molar-refractivity contribution >= 4 is 29.1 Å². The molecule has 25 heavy (non-hydrogen) atoms. The van der Waals surface area contributed by atoms with Crippen LogP contribution < -0.4 is 11.3 Å². The molecule has 3 aromatic rings. The van der Waals surface area contributed by atoms with Crippen molar-refractivity contribution in [3.63, 3.8) is 0 Å². The van der Waals surface area contributed by atoms with E-state index in [1.165, 1.54) is 0 Å². The fraction of sp³-hybridized carbons (Fsp3) is 0.111. The Balaban J connectivity index is 2.07. The van der Waals surface area contributed by atoms with E-state index in [9.17, 15) is 4.79 Å². The van der Waals surface area contributed by atoms with E-state index in [4.69, 9.17) is 29.0 Å². The number of benzene rings is 2. The Hall–Kier alpha value is -2.34. The topological polar surface area (TPSA) is 72.9 Å². The minimum absolute atomic E-state index is 0.233. The monoisotopic (exact) mass is 374 g/mol. The van der Waals surface area contributed by atoms with E-state index in [0.29, 0.717) is 16.6 Å². The average Bonchev–Trinajstić information content (AvgIpc) is 3.02. The zero-order chi connectivity index (χ0) is 18.0. The predicted octanol–water partition coefficient (Wildman–Crippen LogP) is 3.82. The van der Waals surface area contributed by atoms with E-state index in [2.05, 4.69) is 10.5 Å². The van der Waals surface area contributed by atoms with Crippen molar-refractivity contribution in [2.45, 2.75) is 13.5 Å². The number of hydrogen-bond acceptors (Lipinski definition) is 3. The second-order valence-corrected chi connectivity index (χ2v) is 6.49. The molecule has 128 valence electrons. The van der Waals surface area contributed by atoms with Crippen molar-refractivity contribution < 1.29 is 4.79 Å². The lowest BCUT2D eigenvalue weighted by molar-refractivity contribution is 0.0948. The zero-order valence-corrected chi connectivity index (χ0v) is 15.0. The number of nitrogens with two attached hydrogens (primary N) is 1. The van der Waals surface area contributed by atoms with E-state index >= 15 is 0 Å². The van der Waals surface area contributed by atoms with Crippen molar-refractivity contribution in [2.75, 3.05) is 0 Å². The molecule has 3 N–H and O–H groups in total. The minimum atomic E-state index is -0.454. The summed E-state index contributed by atoms with van der Waals surface area (Å²) in [6, 6.07) is 14.9. The molecule has 5 nitrogen and oxygen atoms in total. The van der Waals surface area contributed by atoms with Gasteiger partial charge in [-0.1, -0.05) is 53.0 Å². The van der Waals surface area contributed by atoms with Crippen LogP contribution in [0.1, 0.15) is 21.6 Å². The van der Waals surface area contributed by atoms with Crippen LogP contribution in [0.15, 0.2) is 48.5 Å². The van der Waals surface area contributed by atoms with Gasteiger partial charge in [0.15, 0.2) is 5.69 Å². The second kappa shape index (κ2) is 7.27. The first-order chi connectivity index (χ1) is 12.0. The van der Waals surface area contributed by atoms with Crippen molar-refractivity contribution in [1.82, 2.24) is 15.2 Å². The molecule has 0 fully saturated rings. The molecule has 0 aliphatic carbocycles. The highest BCUT2D eigenvalue weighted by atomic mass is 35.5. The largest absolute Gasteiger partial charge is 0.289 e. The molecule has 0 radical (unpaired) electrons. The summed E-state index contributed by atoms with van der Waals surface area (Å²) in [5.74, 6) is 4.78. The molecule has 1 amide bonds. The maximum atomic E-state index is 11.9. The van der Waals surface area contributed by atoms with Crippen LogP contribution >= 0.6 is 23.2 Å². The third-order valence-corrected chi connectivity index (χ3v) is 4.42. The highest BCUT2D eigenvalue weighted by Gasteiger charge is 2.16. The van der Waals surface area contributed by atoms with Gasteiger partial charge in [0.25, 0.3) is 5.91 Å². The molecule has 0 atom stereocenters. The molecular formula is C18H16Cl2N4O. The Morgan fingerprint density at radius 2 is 1.88 bits per heavy atom. The lowest BCUT2D eigenvalue weighted by Gasteiger charge is -2.10. The Morgan fingerprint density at radius 3 is 2.56 bits per heavy atom. The lowest BCUT2D eigenvalue weighted by atomic mass is 10.1. The highest BCUT2D eigenvalue weighted by molar-refractivity contribution is 6.33. The predicted molar refractivity (Wildman–Crippen MR) is 99.6 cm³/mol. The SMILES string of the molecule is Cc1ccc(-c2cc(C(=O)NN)nn2Cc2cc(Cl)ccc2Cl)cc1. The number of nitrogens with one attached hydrogen (secondary N) is 1. The van der Waals surface area contributed by atoms with Crippen LogP contribution in [-0.2, 0) is 6.54 Å². The van der Waals surface area contributed by atoms with Gasteiger partial charge in [-0.15, -0.1) is 0 Å². The number of carbonyl (C=O) groups is 1. The number of nitrogen functional groups attached to an aromatic ring is 1. The number of aryl methyl sites for hydroxylation is 1. The Labute approximate surface area is 155 Å². The number of carbonyl (C=O) groups excluding carboxylic acids is 1. The number of hydrogen-bond donors (Lipinski definition) is 2. The number of rotatable bonds is 4. The van der Waals surface area contributed by atoms with Crippen LogP contribution in [0.2, 0.25) is 10.0 Å². The Kier molecular flexibility index (Phi) is 5.08. The van der Waals surface area contributed by atoms with Crippen molar-refractivity contribution in [3.05, 3.63) is 75.4 Å². The van der Waals surface area contributed by atoms with Crippen molar-refractivity contribution in [2.24, 2.45) is 5.84 Å². The number of amides is 1. The van der Waals surface area contributed by atoms with Gasteiger partial charge in [-0.05, 0) is 42.3 Å². The standard InChI is InChI=1S/C18H16Cl2N4O/c1-11-2-4-12(5-3-11)17-9-16(18(25)22-21)23-24(17)10-13-8-14(19)6-7-15(13)20/h2-9H,10,21H2,1H3,(H,22,25). The number of hydrazine groups is 1. The maximum absolute atomic E-state index is 11.9. The molecule has 7 heteroatoms. The van der Waals surface area contributed by atoms with Crippen molar-refractivity contribution in [1.29, 1.82) is 0 Å². The molecule has 0 aliphatic heterocycles. The van der Waals surface area contributed by atoms with E-state index in [-0.39, 0.29) is 5.69 Å². The summed E-state index contributed by atoms with van der Waals surface area (Å²) in [6.45, 7) is 2.39. The summed E-state index contributed by atoms with van der Waals surface area (Å²) < 4.78 is 1.72. The van der Waals surface area contributed by atoms with Crippen molar-refractivity contribution in [3.8, 4) is 11.3 Å². The smallest absolute Gasteiger partial charge is 0.285 e. The zero-order valence-electron chi connectivity index (χ0n) is 13.5. The van der Waals surface area contributed by atoms with E-state index in [0.717, 1.165) is 22.4 Å². The van der Waals surface area contributed by atoms with Gasteiger partial charge in [-0.25, -0.2) is 5.84 Å². The molecule has 1 heterocycles.